The Hall–Kier alpha value is -3.87. The van der Waals surface area contributed by atoms with E-state index in [9.17, 15) is 4.79 Å². The van der Waals surface area contributed by atoms with Crippen molar-refractivity contribution in [2.45, 2.75) is 0 Å². The number of fused-ring (bicyclic) bond motifs is 1. The molecule has 2 heterocycles. The Bertz CT molecular complexity index is 1110. The van der Waals surface area contributed by atoms with Crippen molar-refractivity contribution >= 4 is 17.1 Å². The van der Waals surface area contributed by atoms with Gasteiger partial charge < -0.3 is 18.6 Å². The summed E-state index contributed by atoms with van der Waals surface area (Å²) in [5.74, 6) is 1.20. The number of carbonyl (C=O) groups excluding carboxylic acids is 1. The summed E-state index contributed by atoms with van der Waals surface area (Å²) in [4.78, 5) is 20.7. The molecule has 0 saturated heterocycles. The van der Waals surface area contributed by atoms with Crippen molar-refractivity contribution in [2.75, 3.05) is 13.7 Å². The first-order chi connectivity index (χ1) is 13.7. The van der Waals surface area contributed by atoms with Crippen LogP contribution in [-0.4, -0.2) is 29.7 Å². The van der Waals surface area contributed by atoms with Crippen molar-refractivity contribution in [3.05, 3.63) is 66.9 Å². The smallest absolute Gasteiger partial charge is 0.349 e. The summed E-state index contributed by atoms with van der Waals surface area (Å²) in [6.45, 7) is -0.256. The van der Waals surface area contributed by atoms with E-state index in [-0.39, 0.29) is 6.61 Å². The predicted octanol–water partition coefficient (Wildman–Crippen LogP) is 3.88. The number of carbonyl (C=O) groups is 1. The van der Waals surface area contributed by atoms with Crippen molar-refractivity contribution in [3.63, 3.8) is 0 Å². The molecule has 140 valence electrons. The molecule has 28 heavy (non-hydrogen) atoms. The Morgan fingerprint density at radius 1 is 1.04 bits per heavy atom. The minimum Gasteiger partial charge on any atom is -0.493 e. The lowest BCUT2D eigenvalue weighted by Crippen LogP contribution is -2.17. The summed E-state index contributed by atoms with van der Waals surface area (Å²) in [5.41, 5.74) is 1.77. The van der Waals surface area contributed by atoms with Crippen LogP contribution < -0.4 is 14.2 Å². The maximum atomic E-state index is 12.1. The Labute approximate surface area is 160 Å². The third kappa shape index (κ3) is 3.78. The monoisotopic (exact) mass is 376 g/mol. The van der Waals surface area contributed by atoms with Gasteiger partial charge in [0.15, 0.2) is 23.7 Å². The molecule has 0 bridgehead atoms. The molecule has 0 atom stereocenters. The average Bonchev–Trinajstić information content (AvgIpc) is 3.16. The van der Waals surface area contributed by atoms with Gasteiger partial charge in [-0.3, -0.25) is 4.98 Å². The zero-order valence-corrected chi connectivity index (χ0v) is 15.0. The molecule has 0 amide bonds. The number of esters is 1. The maximum Gasteiger partial charge on any atom is 0.349 e. The van der Waals surface area contributed by atoms with Crippen LogP contribution >= 0.6 is 0 Å². The number of pyridine rings is 1. The second-order valence-electron chi connectivity index (χ2n) is 5.78. The number of hydrogen-bond donors (Lipinski definition) is 0. The zero-order valence-electron chi connectivity index (χ0n) is 15.0. The Morgan fingerprint density at radius 2 is 1.86 bits per heavy atom. The van der Waals surface area contributed by atoms with Gasteiger partial charge in [0, 0.05) is 12.3 Å². The number of para-hydroxylation sites is 2. The molecule has 7 nitrogen and oxygen atoms in total. The van der Waals surface area contributed by atoms with Crippen LogP contribution in [0.2, 0.25) is 0 Å². The van der Waals surface area contributed by atoms with Gasteiger partial charge in [-0.1, -0.05) is 18.2 Å². The van der Waals surface area contributed by atoms with Gasteiger partial charge in [-0.2, -0.15) is 0 Å². The maximum absolute atomic E-state index is 12.1. The van der Waals surface area contributed by atoms with E-state index in [1.54, 1.807) is 48.7 Å². The molecule has 7 heteroatoms. The minimum absolute atomic E-state index is 0.256. The second kappa shape index (κ2) is 7.79. The normalized spacial score (nSPS) is 10.6. The molecule has 0 N–H and O–H groups in total. The van der Waals surface area contributed by atoms with Crippen molar-refractivity contribution in [3.8, 4) is 28.8 Å². The standard InChI is InChI=1S/C21H16N2O5/c1-25-17-7-2-3-8-18(17)26-13-20(24)27-14-9-10-15-19(12-14)28-21(23-15)16-6-4-5-11-22-16/h2-12H,13H2,1H3. The first-order valence-electron chi connectivity index (χ1n) is 8.51. The number of methoxy groups -OCH3 is 1. The van der Waals surface area contributed by atoms with Gasteiger partial charge in [0.1, 0.15) is 17.0 Å². The van der Waals surface area contributed by atoms with Crippen molar-refractivity contribution in [2.24, 2.45) is 0 Å². The van der Waals surface area contributed by atoms with Crippen LogP contribution in [0.25, 0.3) is 22.7 Å². The van der Waals surface area contributed by atoms with Crippen LogP contribution in [0.3, 0.4) is 0 Å². The number of hydrogen-bond acceptors (Lipinski definition) is 7. The summed E-state index contributed by atoms with van der Waals surface area (Å²) in [6, 6.07) is 17.5. The summed E-state index contributed by atoms with van der Waals surface area (Å²) >= 11 is 0. The number of nitrogens with zero attached hydrogens (tertiary/aromatic N) is 2. The zero-order chi connectivity index (χ0) is 19.3. The van der Waals surface area contributed by atoms with Gasteiger partial charge in [0.2, 0.25) is 5.89 Å². The van der Waals surface area contributed by atoms with Gasteiger partial charge in [-0.25, -0.2) is 9.78 Å². The summed E-state index contributed by atoms with van der Waals surface area (Å²) in [7, 11) is 1.53. The second-order valence-corrected chi connectivity index (χ2v) is 5.78. The molecule has 0 aliphatic rings. The Balaban J connectivity index is 1.45. The predicted molar refractivity (Wildman–Crippen MR) is 101 cm³/mol. The molecule has 0 radical (unpaired) electrons. The third-order valence-electron chi connectivity index (χ3n) is 3.89. The van der Waals surface area contributed by atoms with E-state index in [2.05, 4.69) is 9.97 Å². The molecular weight excluding hydrogens is 360 g/mol. The third-order valence-corrected chi connectivity index (χ3v) is 3.89. The first-order valence-corrected chi connectivity index (χ1v) is 8.51. The van der Waals surface area contributed by atoms with Gasteiger partial charge >= 0.3 is 5.97 Å². The van der Waals surface area contributed by atoms with E-state index in [1.807, 2.05) is 18.2 Å². The lowest BCUT2D eigenvalue weighted by Gasteiger charge is -2.09. The minimum atomic E-state index is -0.547. The molecule has 2 aromatic heterocycles. The van der Waals surface area contributed by atoms with E-state index in [1.165, 1.54) is 7.11 Å². The molecule has 0 fully saturated rings. The van der Waals surface area contributed by atoms with E-state index in [0.717, 1.165) is 0 Å². The summed E-state index contributed by atoms with van der Waals surface area (Å²) in [6.07, 6.45) is 1.67. The van der Waals surface area contributed by atoms with Crippen LogP contribution in [0.1, 0.15) is 0 Å². The van der Waals surface area contributed by atoms with Crippen LogP contribution in [-0.2, 0) is 4.79 Å². The SMILES string of the molecule is COc1ccccc1OCC(=O)Oc1ccc2nc(-c3ccccn3)oc2c1. The van der Waals surface area contributed by atoms with Crippen LogP contribution in [0.4, 0.5) is 0 Å². The first kappa shape index (κ1) is 17.5. The lowest BCUT2D eigenvalue weighted by molar-refractivity contribution is -0.136. The molecule has 0 aliphatic carbocycles. The van der Waals surface area contributed by atoms with E-state index in [4.69, 9.17) is 18.6 Å². The molecule has 0 spiro atoms. The molecule has 0 aliphatic heterocycles. The van der Waals surface area contributed by atoms with Crippen molar-refractivity contribution < 1.29 is 23.4 Å². The fourth-order valence-electron chi connectivity index (χ4n) is 2.60. The summed E-state index contributed by atoms with van der Waals surface area (Å²) in [5, 5.41) is 0. The average molecular weight is 376 g/mol. The molecule has 4 aromatic rings. The molecule has 0 unspecified atom stereocenters. The molecule has 2 aromatic carbocycles. The van der Waals surface area contributed by atoms with Crippen LogP contribution in [0.5, 0.6) is 17.2 Å². The van der Waals surface area contributed by atoms with Gasteiger partial charge in [-0.15, -0.1) is 0 Å². The quantitative estimate of drug-likeness (QED) is 0.373. The largest absolute Gasteiger partial charge is 0.493 e. The van der Waals surface area contributed by atoms with Gasteiger partial charge in [-0.05, 0) is 36.4 Å². The van der Waals surface area contributed by atoms with E-state index >= 15 is 0 Å². The molecule has 0 saturated carbocycles. The highest BCUT2D eigenvalue weighted by Crippen LogP contribution is 2.27. The number of ether oxygens (including phenoxy) is 3. The van der Waals surface area contributed by atoms with Gasteiger partial charge in [0.25, 0.3) is 0 Å². The Morgan fingerprint density at radius 3 is 2.64 bits per heavy atom. The fourth-order valence-corrected chi connectivity index (χ4v) is 2.60. The van der Waals surface area contributed by atoms with E-state index in [0.29, 0.717) is 39.9 Å². The van der Waals surface area contributed by atoms with Crippen LogP contribution in [0.15, 0.2) is 71.3 Å². The highest BCUT2D eigenvalue weighted by molar-refractivity contribution is 5.79. The number of rotatable bonds is 6. The van der Waals surface area contributed by atoms with Crippen LogP contribution in [0, 0.1) is 0 Å². The Kier molecular flexibility index (Phi) is 4.88. The number of oxazole rings is 1. The topological polar surface area (TPSA) is 83.7 Å². The van der Waals surface area contributed by atoms with Gasteiger partial charge in [0.05, 0.1) is 7.11 Å². The number of benzene rings is 2. The molecular formula is C21H16N2O5. The fraction of sp³-hybridized carbons (Fsp3) is 0.0952. The van der Waals surface area contributed by atoms with Crippen molar-refractivity contribution in [1.29, 1.82) is 0 Å². The van der Waals surface area contributed by atoms with Crippen molar-refractivity contribution in [1.82, 2.24) is 9.97 Å². The lowest BCUT2D eigenvalue weighted by atomic mass is 10.3. The number of aromatic nitrogens is 2. The summed E-state index contributed by atoms with van der Waals surface area (Å²) < 4.78 is 21.7. The highest BCUT2D eigenvalue weighted by atomic mass is 16.6. The highest BCUT2D eigenvalue weighted by Gasteiger charge is 2.13. The molecule has 4 rings (SSSR count). The van der Waals surface area contributed by atoms with E-state index < -0.39 is 5.97 Å².